The highest BCUT2D eigenvalue weighted by atomic mass is 35.5. The highest BCUT2D eigenvalue weighted by Gasteiger charge is 2.17. The highest BCUT2D eigenvalue weighted by Crippen LogP contribution is 2.28. The second-order valence-electron chi connectivity index (χ2n) is 7.68. The number of sulfonamides is 1. The molecule has 0 saturated carbocycles. The molecule has 0 heterocycles. The average molecular weight is 473 g/mol. The molecule has 3 aromatic rings. The number of benzene rings is 3. The molecule has 0 bridgehead atoms. The summed E-state index contributed by atoms with van der Waals surface area (Å²) in [7, 11) is -3.82. The van der Waals surface area contributed by atoms with Gasteiger partial charge >= 0.3 is 0 Å². The van der Waals surface area contributed by atoms with Crippen molar-refractivity contribution in [2.75, 3.05) is 16.6 Å². The van der Waals surface area contributed by atoms with E-state index in [4.69, 9.17) is 16.3 Å². The van der Waals surface area contributed by atoms with Crippen molar-refractivity contribution in [3.05, 3.63) is 82.9 Å². The zero-order valence-corrected chi connectivity index (χ0v) is 19.6. The van der Waals surface area contributed by atoms with E-state index in [1.165, 1.54) is 23.8 Å². The van der Waals surface area contributed by atoms with Crippen LogP contribution in [0.25, 0.3) is 0 Å². The van der Waals surface area contributed by atoms with Crippen LogP contribution in [0, 0.1) is 6.92 Å². The standard InChI is InChI=1S/C24H25ClN2O4S/c1-16(2)18-6-10-19(11-7-18)26-24(28)15-31-23-13-12-21(14-22(23)25)32(29,30)27-20-8-4-17(3)5-9-20/h4-14,16,27H,15H2,1-3H3,(H,26,28). The molecule has 2 N–H and O–H groups in total. The van der Waals surface area contributed by atoms with E-state index in [1.54, 1.807) is 12.1 Å². The second-order valence-corrected chi connectivity index (χ2v) is 9.77. The quantitative estimate of drug-likeness (QED) is 0.447. The predicted molar refractivity (Wildman–Crippen MR) is 128 cm³/mol. The molecule has 0 aromatic heterocycles. The van der Waals surface area contributed by atoms with Crippen LogP contribution < -0.4 is 14.8 Å². The molecule has 0 saturated heterocycles. The van der Waals surface area contributed by atoms with Gasteiger partial charge in [0.1, 0.15) is 5.75 Å². The van der Waals surface area contributed by atoms with Gasteiger partial charge in [-0.3, -0.25) is 9.52 Å². The third kappa shape index (κ3) is 6.24. The number of carbonyl (C=O) groups is 1. The number of rotatable bonds is 8. The maximum absolute atomic E-state index is 12.6. The Hall–Kier alpha value is -3.03. The Morgan fingerprint density at radius 1 is 0.969 bits per heavy atom. The second kappa shape index (κ2) is 10.1. The van der Waals surface area contributed by atoms with Crippen LogP contribution in [0.1, 0.15) is 30.9 Å². The summed E-state index contributed by atoms with van der Waals surface area (Å²) in [5.41, 5.74) is 3.31. The number of carbonyl (C=O) groups excluding carboxylic acids is 1. The summed E-state index contributed by atoms with van der Waals surface area (Å²) < 4.78 is 33.2. The maximum Gasteiger partial charge on any atom is 0.262 e. The third-order valence-electron chi connectivity index (χ3n) is 4.74. The van der Waals surface area contributed by atoms with Gasteiger partial charge in [-0.2, -0.15) is 0 Å². The minimum atomic E-state index is -3.82. The lowest BCUT2D eigenvalue weighted by Crippen LogP contribution is -2.20. The smallest absolute Gasteiger partial charge is 0.262 e. The van der Waals surface area contributed by atoms with Crippen LogP contribution >= 0.6 is 11.6 Å². The highest BCUT2D eigenvalue weighted by molar-refractivity contribution is 7.92. The zero-order valence-electron chi connectivity index (χ0n) is 18.1. The number of amides is 1. The average Bonchev–Trinajstić information content (AvgIpc) is 2.74. The first-order chi connectivity index (χ1) is 15.1. The Bertz CT molecular complexity index is 1190. The molecule has 3 rings (SSSR count). The van der Waals surface area contributed by atoms with Crippen molar-refractivity contribution in [3.8, 4) is 5.75 Å². The van der Waals surface area contributed by atoms with Gasteiger partial charge in [-0.05, 0) is 60.9 Å². The molecule has 0 spiro atoms. The number of hydrogen-bond acceptors (Lipinski definition) is 4. The molecule has 168 valence electrons. The number of hydrogen-bond donors (Lipinski definition) is 2. The Balaban J connectivity index is 1.61. The molecule has 0 aliphatic rings. The van der Waals surface area contributed by atoms with Crippen molar-refractivity contribution in [2.45, 2.75) is 31.6 Å². The van der Waals surface area contributed by atoms with Gasteiger partial charge in [-0.1, -0.05) is 55.3 Å². The first kappa shape index (κ1) is 23.6. The van der Waals surface area contributed by atoms with Gasteiger partial charge < -0.3 is 10.1 Å². The maximum atomic E-state index is 12.6. The first-order valence-corrected chi connectivity index (χ1v) is 11.9. The molecule has 0 atom stereocenters. The van der Waals surface area contributed by atoms with Gasteiger partial charge in [-0.25, -0.2) is 8.42 Å². The first-order valence-electron chi connectivity index (χ1n) is 10.1. The van der Waals surface area contributed by atoms with Crippen LogP contribution in [0.4, 0.5) is 11.4 Å². The lowest BCUT2D eigenvalue weighted by atomic mass is 10.0. The molecule has 0 aliphatic carbocycles. The molecule has 3 aromatic carbocycles. The van der Waals surface area contributed by atoms with Gasteiger partial charge in [0, 0.05) is 11.4 Å². The molecule has 32 heavy (non-hydrogen) atoms. The SMILES string of the molecule is Cc1ccc(NS(=O)(=O)c2ccc(OCC(=O)Nc3ccc(C(C)C)cc3)c(Cl)c2)cc1. The van der Waals surface area contributed by atoms with E-state index >= 15 is 0 Å². The molecule has 0 unspecified atom stereocenters. The minimum Gasteiger partial charge on any atom is -0.482 e. The van der Waals surface area contributed by atoms with Crippen LogP contribution in [-0.4, -0.2) is 20.9 Å². The van der Waals surface area contributed by atoms with Gasteiger partial charge in [0.15, 0.2) is 6.61 Å². The zero-order chi connectivity index (χ0) is 23.3. The number of halogens is 1. The van der Waals surface area contributed by atoms with Crippen molar-refractivity contribution < 1.29 is 17.9 Å². The topological polar surface area (TPSA) is 84.5 Å². The Labute approximate surface area is 193 Å². The van der Waals surface area contributed by atoms with Crippen molar-refractivity contribution >= 4 is 38.9 Å². The normalized spacial score (nSPS) is 11.3. The lowest BCUT2D eigenvalue weighted by Gasteiger charge is -2.12. The van der Waals surface area contributed by atoms with Gasteiger partial charge in [0.25, 0.3) is 15.9 Å². The van der Waals surface area contributed by atoms with Crippen LogP contribution in [0.2, 0.25) is 5.02 Å². The molecular weight excluding hydrogens is 448 g/mol. The van der Waals surface area contributed by atoms with E-state index in [-0.39, 0.29) is 28.2 Å². The molecule has 1 amide bonds. The van der Waals surface area contributed by atoms with Gasteiger partial charge in [0.2, 0.25) is 0 Å². The van der Waals surface area contributed by atoms with Gasteiger partial charge in [0.05, 0.1) is 9.92 Å². The van der Waals surface area contributed by atoms with Gasteiger partial charge in [-0.15, -0.1) is 0 Å². The van der Waals surface area contributed by atoms with E-state index < -0.39 is 10.0 Å². The number of anilines is 2. The molecule has 8 heteroatoms. The third-order valence-corrected chi connectivity index (χ3v) is 6.41. The van der Waals surface area contributed by atoms with Crippen LogP contribution in [0.3, 0.4) is 0 Å². The minimum absolute atomic E-state index is 0.00915. The summed E-state index contributed by atoms with van der Waals surface area (Å²) in [6, 6.07) is 18.7. The molecular formula is C24H25ClN2O4S. The fraction of sp³-hybridized carbons (Fsp3) is 0.208. The Morgan fingerprint density at radius 3 is 2.19 bits per heavy atom. The lowest BCUT2D eigenvalue weighted by molar-refractivity contribution is -0.118. The van der Waals surface area contributed by atoms with E-state index in [0.717, 1.165) is 5.56 Å². The monoisotopic (exact) mass is 472 g/mol. The van der Waals surface area contributed by atoms with Crippen LogP contribution in [0.5, 0.6) is 5.75 Å². The molecule has 0 fully saturated rings. The fourth-order valence-corrected chi connectivity index (χ4v) is 4.28. The van der Waals surface area contributed by atoms with E-state index in [2.05, 4.69) is 23.9 Å². The van der Waals surface area contributed by atoms with Crippen LogP contribution in [0.15, 0.2) is 71.6 Å². The van der Waals surface area contributed by atoms with E-state index in [0.29, 0.717) is 17.3 Å². The number of nitrogens with one attached hydrogen (secondary N) is 2. The summed E-state index contributed by atoms with van der Waals surface area (Å²) in [5.74, 6) is 0.270. The summed E-state index contributed by atoms with van der Waals surface area (Å²) in [6.45, 7) is 5.85. The van der Waals surface area contributed by atoms with Crippen LogP contribution in [-0.2, 0) is 14.8 Å². The largest absolute Gasteiger partial charge is 0.482 e. The fourth-order valence-electron chi connectivity index (χ4n) is 2.89. The van der Waals surface area contributed by atoms with E-state index in [9.17, 15) is 13.2 Å². The molecule has 0 radical (unpaired) electrons. The molecule has 0 aliphatic heterocycles. The summed E-state index contributed by atoms with van der Waals surface area (Å²) in [4.78, 5) is 12.2. The molecule has 6 nitrogen and oxygen atoms in total. The van der Waals surface area contributed by atoms with Crippen molar-refractivity contribution in [2.24, 2.45) is 0 Å². The van der Waals surface area contributed by atoms with E-state index in [1.807, 2.05) is 43.3 Å². The van der Waals surface area contributed by atoms with Crippen molar-refractivity contribution in [1.29, 1.82) is 0 Å². The number of ether oxygens (including phenoxy) is 1. The summed E-state index contributed by atoms with van der Waals surface area (Å²) in [5, 5.41) is 2.84. The summed E-state index contributed by atoms with van der Waals surface area (Å²) in [6.07, 6.45) is 0. The summed E-state index contributed by atoms with van der Waals surface area (Å²) >= 11 is 6.20. The number of aryl methyl sites for hydroxylation is 1. The van der Waals surface area contributed by atoms with Crippen molar-refractivity contribution in [3.63, 3.8) is 0 Å². The predicted octanol–water partition coefficient (Wildman–Crippen LogP) is 5.59. The van der Waals surface area contributed by atoms with Crippen molar-refractivity contribution in [1.82, 2.24) is 0 Å². The Kier molecular flexibility index (Phi) is 7.43. The Morgan fingerprint density at radius 2 is 1.59 bits per heavy atom.